The SMILES string of the molecule is CCOC(=O)c1csc(-n2nc(-c3ccc(OC(C)=O)cc3)cc2C(F)(F)F)n1. The number of aromatic nitrogens is 3. The summed E-state index contributed by atoms with van der Waals surface area (Å²) in [4.78, 5) is 26.6. The van der Waals surface area contributed by atoms with Crippen molar-refractivity contribution in [1.82, 2.24) is 14.8 Å². The van der Waals surface area contributed by atoms with E-state index in [0.29, 0.717) is 10.2 Å². The molecule has 0 radical (unpaired) electrons. The minimum atomic E-state index is -4.70. The molecule has 152 valence electrons. The van der Waals surface area contributed by atoms with Gasteiger partial charge in [0.25, 0.3) is 0 Å². The predicted molar refractivity (Wildman–Crippen MR) is 96.9 cm³/mol. The van der Waals surface area contributed by atoms with Crippen molar-refractivity contribution in [1.29, 1.82) is 0 Å². The van der Waals surface area contributed by atoms with E-state index in [1.807, 2.05) is 0 Å². The van der Waals surface area contributed by atoms with Crippen LogP contribution in [0.15, 0.2) is 35.7 Å². The molecular formula is C18H14F3N3O4S. The first kappa shape index (κ1) is 20.5. The molecule has 0 aliphatic heterocycles. The summed E-state index contributed by atoms with van der Waals surface area (Å²) in [5, 5.41) is 5.20. The van der Waals surface area contributed by atoms with Gasteiger partial charge in [-0.1, -0.05) is 0 Å². The number of benzene rings is 1. The molecule has 3 rings (SSSR count). The molecule has 0 unspecified atom stereocenters. The van der Waals surface area contributed by atoms with Crippen LogP contribution in [0.2, 0.25) is 0 Å². The number of ether oxygens (including phenoxy) is 2. The summed E-state index contributed by atoms with van der Waals surface area (Å²) in [6.07, 6.45) is -4.70. The molecule has 7 nitrogen and oxygen atoms in total. The number of esters is 2. The maximum absolute atomic E-state index is 13.5. The number of hydrogen-bond donors (Lipinski definition) is 0. The van der Waals surface area contributed by atoms with Crippen LogP contribution in [0.4, 0.5) is 13.2 Å². The molecular weight excluding hydrogens is 411 g/mol. The van der Waals surface area contributed by atoms with Crippen LogP contribution in [0.5, 0.6) is 5.75 Å². The number of rotatable bonds is 5. The summed E-state index contributed by atoms with van der Waals surface area (Å²) in [6, 6.07) is 6.75. The second-order valence-electron chi connectivity index (χ2n) is 5.68. The predicted octanol–water partition coefficient (Wildman–Crippen LogP) is 4.12. The Morgan fingerprint density at radius 3 is 2.48 bits per heavy atom. The molecule has 0 amide bonds. The molecule has 2 heterocycles. The van der Waals surface area contributed by atoms with E-state index in [2.05, 4.69) is 10.1 Å². The molecule has 11 heteroatoms. The zero-order chi connectivity index (χ0) is 21.2. The lowest BCUT2D eigenvalue weighted by Crippen LogP contribution is -2.13. The van der Waals surface area contributed by atoms with Crippen LogP contribution in [0, 0.1) is 0 Å². The van der Waals surface area contributed by atoms with Gasteiger partial charge in [-0.25, -0.2) is 14.5 Å². The first-order chi connectivity index (χ1) is 13.7. The van der Waals surface area contributed by atoms with Crippen molar-refractivity contribution < 1.29 is 32.2 Å². The fourth-order valence-electron chi connectivity index (χ4n) is 2.39. The van der Waals surface area contributed by atoms with Crippen LogP contribution in [0.3, 0.4) is 0 Å². The summed E-state index contributed by atoms with van der Waals surface area (Å²) in [6.45, 7) is 2.97. The fraction of sp³-hybridized carbons (Fsp3) is 0.222. The average Bonchev–Trinajstić information content (AvgIpc) is 3.29. The van der Waals surface area contributed by atoms with Crippen molar-refractivity contribution >= 4 is 23.3 Å². The third kappa shape index (κ3) is 4.62. The summed E-state index contributed by atoms with van der Waals surface area (Å²) in [5.41, 5.74) is -0.712. The molecule has 0 N–H and O–H groups in total. The standard InChI is InChI=1S/C18H14F3N3O4S/c1-3-27-16(26)14-9-29-17(22-14)24-15(18(19,20)21)8-13(23-24)11-4-6-12(7-5-11)28-10(2)25/h4-9H,3H2,1-2H3. The largest absolute Gasteiger partial charge is 0.461 e. The summed E-state index contributed by atoms with van der Waals surface area (Å²) < 4.78 is 50.9. The molecule has 0 spiro atoms. The van der Waals surface area contributed by atoms with Gasteiger partial charge in [0, 0.05) is 17.9 Å². The van der Waals surface area contributed by atoms with E-state index in [9.17, 15) is 22.8 Å². The van der Waals surface area contributed by atoms with Crippen LogP contribution in [-0.4, -0.2) is 33.3 Å². The van der Waals surface area contributed by atoms with Crippen LogP contribution in [-0.2, 0) is 15.7 Å². The third-order valence-electron chi connectivity index (χ3n) is 3.57. The van der Waals surface area contributed by atoms with Crippen LogP contribution >= 0.6 is 11.3 Å². The fourth-order valence-corrected chi connectivity index (χ4v) is 3.15. The van der Waals surface area contributed by atoms with E-state index in [4.69, 9.17) is 9.47 Å². The first-order valence-corrected chi connectivity index (χ1v) is 9.16. The van der Waals surface area contributed by atoms with Gasteiger partial charge in [-0.15, -0.1) is 11.3 Å². The van der Waals surface area contributed by atoms with Gasteiger partial charge in [-0.05, 0) is 37.3 Å². The van der Waals surface area contributed by atoms with E-state index in [0.717, 1.165) is 17.4 Å². The number of halogens is 3. The van der Waals surface area contributed by atoms with Gasteiger partial charge in [0.1, 0.15) is 5.75 Å². The van der Waals surface area contributed by atoms with E-state index in [1.165, 1.54) is 36.6 Å². The smallest absolute Gasteiger partial charge is 0.433 e. The highest BCUT2D eigenvalue weighted by Gasteiger charge is 2.37. The van der Waals surface area contributed by atoms with Crippen LogP contribution in [0.1, 0.15) is 30.0 Å². The lowest BCUT2D eigenvalue weighted by atomic mass is 10.1. The maximum Gasteiger partial charge on any atom is 0.433 e. The van der Waals surface area contributed by atoms with Crippen molar-refractivity contribution in [2.45, 2.75) is 20.0 Å². The highest BCUT2D eigenvalue weighted by Crippen LogP contribution is 2.35. The number of nitrogens with zero attached hydrogens (tertiary/aromatic N) is 3. The molecule has 0 aliphatic carbocycles. The highest BCUT2D eigenvalue weighted by molar-refractivity contribution is 7.12. The quantitative estimate of drug-likeness (QED) is 0.452. The van der Waals surface area contributed by atoms with Crippen molar-refractivity contribution in [3.63, 3.8) is 0 Å². The van der Waals surface area contributed by atoms with Gasteiger partial charge >= 0.3 is 18.1 Å². The Morgan fingerprint density at radius 2 is 1.90 bits per heavy atom. The minimum absolute atomic E-state index is 0.0413. The topological polar surface area (TPSA) is 83.3 Å². The Morgan fingerprint density at radius 1 is 1.21 bits per heavy atom. The average molecular weight is 425 g/mol. The van der Waals surface area contributed by atoms with Crippen molar-refractivity contribution in [2.75, 3.05) is 6.61 Å². The maximum atomic E-state index is 13.5. The zero-order valence-electron chi connectivity index (χ0n) is 15.2. The van der Waals surface area contributed by atoms with Gasteiger partial charge in [-0.2, -0.15) is 18.3 Å². The summed E-state index contributed by atoms with van der Waals surface area (Å²) >= 11 is 0.836. The van der Waals surface area contributed by atoms with Gasteiger partial charge < -0.3 is 9.47 Å². The molecule has 0 saturated carbocycles. The lowest BCUT2D eigenvalue weighted by molar-refractivity contribution is -0.142. The highest BCUT2D eigenvalue weighted by atomic mass is 32.1. The summed E-state index contributed by atoms with van der Waals surface area (Å²) in [7, 11) is 0. The Bertz CT molecular complexity index is 1040. The van der Waals surface area contributed by atoms with Gasteiger partial charge in [0.15, 0.2) is 11.4 Å². The number of thiazole rings is 1. The second-order valence-corrected chi connectivity index (χ2v) is 6.51. The molecule has 0 bridgehead atoms. The molecule has 2 aromatic heterocycles. The Labute approximate surface area is 166 Å². The molecule has 29 heavy (non-hydrogen) atoms. The van der Waals surface area contributed by atoms with E-state index in [-0.39, 0.29) is 28.9 Å². The molecule has 3 aromatic rings. The Kier molecular flexibility index (Phi) is 5.69. The van der Waals surface area contributed by atoms with Crippen molar-refractivity contribution in [3.05, 3.63) is 47.1 Å². The van der Waals surface area contributed by atoms with Gasteiger partial charge in [0.2, 0.25) is 5.13 Å². The normalized spacial score (nSPS) is 11.3. The molecule has 0 fully saturated rings. The molecule has 0 atom stereocenters. The minimum Gasteiger partial charge on any atom is -0.461 e. The summed E-state index contributed by atoms with van der Waals surface area (Å²) in [5.74, 6) is -0.977. The molecule has 1 aromatic carbocycles. The number of carbonyl (C=O) groups is 2. The van der Waals surface area contributed by atoms with Gasteiger partial charge in [0.05, 0.1) is 12.3 Å². The van der Waals surface area contributed by atoms with E-state index < -0.39 is 23.8 Å². The molecule has 0 aliphatic rings. The number of carbonyl (C=O) groups excluding carboxylic acids is 2. The monoisotopic (exact) mass is 425 g/mol. The third-order valence-corrected chi connectivity index (χ3v) is 4.39. The Balaban J connectivity index is 1.99. The number of hydrogen-bond acceptors (Lipinski definition) is 7. The van der Waals surface area contributed by atoms with Crippen LogP contribution < -0.4 is 4.74 Å². The van der Waals surface area contributed by atoms with Crippen LogP contribution in [0.25, 0.3) is 16.4 Å². The van der Waals surface area contributed by atoms with E-state index >= 15 is 0 Å². The number of alkyl halides is 3. The lowest BCUT2D eigenvalue weighted by Gasteiger charge is -2.06. The van der Waals surface area contributed by atoms with Crippen molar-refractivity contribution in [2.24, 2.45) is 0 Å². The second kappa shape index (κ2) is 8.03. The molecule has 0 saturated heterocycles. The van der Waals surface area contributed by atoms with Gasteiger partial charge in [-0.3, -0.25) is 4.79 Å². The zero-order valence-corrected chi connectivity index (χ0v) is 16.0. The Hall–Kier alpha value is -3.21. The first-order valence-electron chi connectivity index (χ1n) is 8.28. The van der Waals surface area contributed by atoms with Crippen molar-refractivity contribution in [3.8, 4) is 22.1 Å². The van der Waals surface area contributed by atoms with E-state index in [1.54, 1.807) is 6.92 Å².